The topological polar surface area (TPSA) is 171 Å². The Kier molecular flexibility index (Phi) is 7.51. The van der Waals surface area contributed by atoms with E-state index in [9.17, 15) is 34.5 Å². The van der Waals surface area contributed by atoms with Crippen molar-refractivity contribution in [2.45, 2.75) is 37.1 Å². The Labute approximate surface area is 243 Å². The molecule has 3 aliphatic rings. The number of likely N-dealkylation sites (N-methyl/N-ethyl adjacent to an activating group) is 1. The molecule has 11 heteroatoms. The minimum absolute atomic E-state index is 0.0388. The lowest BCUT2D eigenvalue weighted by Crippen LogP contribution is -2.75. The van der Waals surface area contributed by atoms with Crippen LogP contribution in [0, 0.1) is 23.7 Å². The van der Waals surface area contributed by atoms with Crippen molar-refractivity contribution in [3.8, 4) is 22.6 Å². The monoisotopic (exact) mass is 579 g/mol. The molecule has 5 rings (SSSR count). The Morgan fingerprint density at radius 1 is 1.07 bits per heavy atom. The molecule has 7 atom stereocenters. The lowest BCUT2D eigenvalue weighted by atomic mass is 9.52. The molecule has 0 bridgehead atoms. The first kappa shape index (κ1) is 29.8. The largest absolute Gasteiger partial charge is 0.507 e. The third-order valence-electron chi connectivity index (χ3n) is 9.23. The zero-order valence-corrected chi connectivity index (χ0v) is 24.3. The summed E-state index contributed by atoms with van der Waals surface area (Å²) in [5.74, 6) is -8.76. The molecule has 2 saturated carbocycles. The smallest absolute Gasteiger partial charge is 0.230 e. The van der Waals surface area contributed by atoms with E-state index in [4.69, 9.17) is 10.5 Å². The van der Waals surface area contributed by atoms with Gasteiger partial charge in [0.1, 0.15) is 17.4 Å². The van der Waals surface area contributed by atoms with Gasteiger partial charge in [0.2, 0.25) is 5.91 Å². The van der Waals surface area contributed by atoms with E-state index in [2.05, 4.69) is 0 Å². The normalized spacial score (nSPS) is 30.6. The fourth-order valence-corrected chi connectivity index (χ4v) is 7.50. The van der Waals surface area contributed by atoms with E-state index in [1.54, 1.807) is 32.2 Å². The zero-order chi connectivity index (χ0) is 30.8. The lowest BCUT2D eigenvalue weighted by molar-refractivity contribution is -0.190. The van der Waals surface area contributed by atoms with E-state index in [0.29, 0.717) is 23.4 Å². The molecule has 3 unspecified atom stereocenters. The maximum absolute atomic E-state index is 14.1. The molecule has 11 nitrogen and oxygen atoms in total. The van der Waals surface area contributed by atoms with Gasteiger partial charge in [-0.25, -0.2) is 0 Å². The van der Waals surface area contributed by atoms with Gasteiger partial charge in [-0.15, -0.1) is 0 Å². The fourth-order valence-electron chi connectivity index (χ4n) is 7.50. The van der Waals surface area contributed by atoms with E-state index in [-0.39, 0.29) is 24.2 Å². The minimum atomic E-state index is -2.70. The van der Waals surface area contributed by atoms with Gasteiger partial charge >= 0.3 is 0 Å². The van der Waals surface area contributed by atoms with Gasteiger partial charge in [-0.2, -0.15) is 0 Å². The number of ether oxygens (including phenoxy) is 1. The molecule has 0 aromatic heterocycles. The second-order valence-corrected chi connectivity index (χ2v) is 12.2. The first-order chi connectivity index (χ1) is 19.7. The molecule has 2 aromatic carbocycles. The third-order valence-corrected chi connectivity index (χ3v) is 9.23. The number of primary amides is 1. The average Bonchev–Trinajstić information content (AvgIpc) is 2.90. The van der Waals surface area contributed by atoms with Crippen molar-refractivity contribution in [3.05, 3.63) is 47.0 Å². The number of fused-ring (bicyclic) bond motifs is 3. The Morgan fingerprint density at radius 2 is 1.76 bits per heavy atom. The number of ketones is 3. The number of carbonyl (C=O) groups is 4. The van der Waals surface area contributed by atoms with Crippen LogP contribution in [-0.2, 0) is 27.3 Å². The third kappa shape index (κ3) is 4.34. The highest BCUT2D eigenvalue weighted by Crippen LogP contribution is 2.52. The molecule has 0 aliphatic heterocycles. The van der Waals surface area contributed by atoms with Gasteiger partial charge in [0.05, 0.1) is 24.7 Å². The van der Waals surface area contributed by atoms with Crippen LogP contribution in [0.4, 0.5) is 0 Å². The molecular formula is C31H37N3O8. The van der Waals surface area contributed by atoms with Gasteiger partial charge in [-0.3, -0.25) is 19.2 Å². The Morgan fingerprint density at radius 3 is 2.36 bits per heavy atom. The van der Waals surface area contributed by atoms with Crippen molar-refractivity contribution in [1.82, 2.24) is 9.80 Å². The number of methoxy groups -OCH3 is 1. The number of rotatable bonds is 6. The number of phenolic OH excluding ortho intramolecular Hbond substituents is 1. The molecule has 3 aliphatic carbocycles. The first-order valence-electron chi connectivity index (χ1n) is 13.9. The summed E-state index contributed by atoms with van der Waals surface area (Å²) in [6.45, 7) is 0.657. The van der Waals surface area contributed by atoms with Crippen LogP contribution in [0.3, 0.4) is 0 Å². The highest BCUT2D eigenvalue weighted by atomic mass is 16.5. The summed E-state index contributed by atoms with van der Waals surface area (Å²) in [5, 5.41) is 33.7. The van der Waals surface area contributed by atoms with Crippen molar-refractivity contribution in [3.63, 3.8) is 0 Å². The zero-order valence-electron chi connectivity index (χ0n) is 24.3. The van der Waals surface area contributed by atoms with Crippen molar-refractivity contribution in [1.29, 1.82) is 0 Å². The summed E-state index contributed by atoms with van der Waals surface area (Å²) in [6.07, 6.45) is -1.31. The number of amides is 1. The SMILES string of the molecule is COc1ccc(CN(C)C)cc1-c1ccc(O)c2c1C[C@@H]1C[C@@H]3[C@@H](N(C)C)C(O)C(C(N)=O)C(=O)[C@]3(O)C(=O)C1C2=O. The van der Waals surface area contributed by atoms with Crippen LogP contribution in [-0.4, -0.2) is 101 Å². The average molecular weight is 580 g/mol. The molecule has 1 amide bonds. The lowest BCUT2D eigenvalue weighted by Gasteiger charge is -2.54. The molecule has 0 radical (unpaired) electrons. The van der Waals surface area contributed by atoms with Gasteiger partial charge in [0.15, 0.2) is 23.0 Å². The predicted molar refractivity (Wildman–Crippen MR) is 152 cm³/mol. The summed E-state index contributed by atoms with van der Waals surface area (Å²) in [7, 11) is 8.68. The quantitative estimate of drug-likeness (QED) is 0.351. The number of aromatic hydroxyl groups is 1. The number of aliphatic hydroxyl groups excluding tert-OH is 1. The van der Waals surface area contributed by atoms with Crippen LogP contribution in [0.1, 0.15) is 27.9 Å². The number of nitrogens with zero attached hydrogens (tertiary/aromatic N) is 2. The van der Waals surface area contributed by atoms with Crippen molar-refractivity contribution in [2.24, 2.45) is 29.4 Å². The molecule has 224 valence electrons. The predicted octanol–water partition coefficient (Wildman–Crippen LogP) is 0.396. The van der Waals surface area contributed by atoms with Crippen molar-refractivity contribution < 1.29 is 39.2 Å². The van der Waals surface area contributed by atoms with E-state index in [0.717, 1.165) is 11.1 Å². The molecule has 2 aromatic rings. The van der Waals surface area contributed by atoms with E-state index in [1.165, 1.54) is 6.07 Å². The van der Waals surface area contributed by atoms with Gasteiger partial charge in [-0.1, -0.05) is 12.1 Å². The standard InChI is InChI=1S/C31H37N3O8/c1-33(2)13-14-6-9-21(42-5)17(10-14)16-7-8-20(35)23-18(16)11-15-12-19-25(34(3)4)27(37)24(30(32)40)29(39)31(19,41)28(38)22(15)26(23)36/h6-10,15,19,22,24-25,27,35,37,41H,11-13H2,1-5H3,(H2,32,40)/t15-,19-,22?,24?,25-,27?,31-/m1/s1. The second-order valence-electron chi connectivity index (χ2n) is 12.2. The molecule has 0 saturated heterocycles. The minimum Gasteiger partial charge on any atom is -0.507 e. The number of hydrogen-bond acceptors (Lipinski definition) is 10. The van der Waals surface area contributed by atoms with Gasteiger partial charge in [-0.05, 0) is 81.8 Å². The molecule has 0 spiro atoms. The number of hydrogen-bond donors (Lipinski definition) is 4. The number of aliphatic hydroxyl groups is 2. The van der Waals surface area contributed by atoms with E-state index in [1.807, 2.05) is 37.2 Å². The maximum atomic E-state index is 14.1. The second kappa shape index (κ2) is 10.6. The van der Waals surface area contributed by atoms with Crippen LogP contribution in [0.2, 0.25) is 0 Å². The summed E-state index contributed by atoms with van der Waals surface area (Å²) >= 11 is 0. The van der Waals surface area contributed by atoms with Crippen LogP contribution in [0.5, 0.6) is 11.5 Å². The first-order valence-corrected chi connectivity index (χ1v) is 13.9. The molecule has 5 N–H and O–H groups in total. The summed E-state index contributed by atoms with van der Waals surface area (Å²) < 4.78 is 5.65. The van der Waals surface area contributed by atoms with Crippen LogP contribution in [0.25, 0.3) is 11.1 Å². The number of carbonyl (C=O) groups excluding carboxylic acids is 4. The van der Waals surface area contributed by atoms with Crippen LogP contribution >= 0.6 is 0 Å². The summed E-state index contributed by atoms with van der Waals surface area (Å²) in [5.41, 5.74) is 5.63. The van der Waals surface area contributed by atoms with Crippen molar-refractivity contribution >= 4 is 23.3 Å². The van der Waals surface area contributed by atoms with Gasteiger partial charge in [0, 0.05) is 24.1 Å². The number of Topliss-reactive ketones (excluding diaryl/α,β-unsaturated/α-hetero) is 3. The highest BCUT2D eigenvalue weighted by Gasteiger charge is 2.69. The number of nitrogens with two attached hydrogens (primary N) is 1. The fraction of sp³-hybridized carbons (Fsp3) is 0.484. The highest BCUT2D eigenvalue weighted by molar-refractivity contribution is 6.25. The Balaban J connectivity index is 1.66. The number of benzene rings is 2. The summed E-state index contributed by atoms with van der Waals surface area (Å²) in [4.78, 5) is 57.4. The number of phenols is 1. The van der Waals surface area contributed by atoms with Gasteiger partial charge < -0.3 is 35.6 Å². The Hall–Kier alpha value is -3.64. The maximum Gasteiger partial charge on any atom is 0.230 e. The van der Waals surface area contributed by atoms with Crippen LogP contribution in [0.15, 0.2) is 30.3 Å². The summed E-state index contributed by atoms with van der Waals surface area (Å²) in [6, 6.07) is 7.91. The van der Waals surface area contributed by atoms with Crippen molar-refractivity contribution in [2.75, 3.05) is 35.3 Å². The molecule has 2 fully saturated rings. The van der Waals surface area contributed by atoms with E-state index < -0.39 is 64.7 Å². The molecule has 42 heavy (non-hydrogen) atoms. The molecule has 0 heterocycles. The molecular weight excluding hydrogens is 542 g/mol. The van der Waals surface area contributed by atoms with Gasteiger partial charge in [0.25, 0.3) is 0 Å². The van der Waals surface area contributed by atoms with E-state index >= 15 is 0 Å². The Bertz CT molecular complexity index is 1490. The van der Waals surface area contributed by atoms with Crippen LogP contribution < -0.4 is 10.5 Å².